The number of nitrogens with zero attached hydrogens (tertiary/aromatic N) is 1. The van der Waals surface area contributed by atoms with Crippen LogP contribution in [0.4, 0.5) is 0 Å². The van der Waals surface area contributed by atoms with E-state index in [0.717, 1.165) is 23.5 Å². The predicted octanol–water partition coefficient (Wildman–Crippen LogP) is 2.90. The SMILES string of the molecule is NC(Cc1ccc2ccccc2n1)C1CCC1. The van der Waals surface area contributed by atoms with Crippen molar-refractivity contribution in [2.24, 2.45) is 11.7 Å². The van der Waals surface area contributed by atoms with Gasteiger partial charge in [0.25, 0.3) is 0 Å². The maximum atomic E-state index is 6.22. The molecule has 0 aliphatic heterocycles. The highest BCUT2D eigenvalue weighted by atomic mass is 14.7. The molecule has 0 amide bonds. The molecule has 2 heteroatoms. The van der Waals surface area contributed by atoms with Gasteiger partial charge in [0.1, 0.15) is 0 Å². The van der Waals surface area contributed by atoms with Gasteiger partial charge in [-0.3, -0.25) is 4.98 Å². The van der Waals surface area contributed by atoms with Gasteiger partial charge in [0, 0.05) is 23.5 Å². The molecule has 1 aliphatic carbocycles. The van der Waals surface area contributed by atoms with Crippen LogP contribution in [-0.4, -0.2) is 11.0 Å². The summed E-state index contributed by atoms with van der Waals surface area (Å²) in [4.78, 5) is 4.68. The molecular formula is C15H18N2. The third-order valence-electron chi connectivity index (χ3n) is 3.86. The van der Waals surface area contributed by atoms with Crippen molar-refractivity contribution in [3.63, 3.8) is 0 Å². The zero-order chi connectivity index (χ0) is 11.7. The second-order valence-electron chi connectivity index (χ2n) is 5.05. The smallest absolute Gasteiger partial charge is 0.0705 e. The van der Waals surface area contributed by atoms with E-state index in [2.05, 4.69) is 29.2 Å². The van der Waals surface area contributed by atoms with Crippen LogP contribution < -0.4 is 5.73 Å². The Morgan fingerprint density at radius 3 is 2.76 bits per heavy atom. The molecule has 1 aliphatic rings. The lowest BCUT2D eigenvalue weighted by molar-refractivity contribution is 0.259. The average Bonchev–Trinajstić information content (AvgIpc) is 2.26. The molecule has 0 saturated heterocycles. The van der Waals surface area contributed by atoms with Crippen LogP contribution in [0.15, 0.2) is 36.4 Å². The van der Waals surface area contributed by atoms with E-state index in [1.165, 1.54) is 24.6 Å². The van der Waals surface area contributed by atoms with E-state index >= 15 is 0 Å². The van der Waals surface area contributed by atoms with Crippen LogP contribution >= 0.6 is 0 Å². The third-order valence-corrected chi connectivity index (χ3v) is 3.86. The summed E-state index contributed by atoms with van der Waals surface area (Å²) in [6.07, 6.45) is 4.86. The highest BCUT2D eigenvalue weighted by Gasteiger charge is 2.24. The van der Waals surface area contributed by atoms with E-state index in [-0.39, 0.29) is 6.04 Å². The molecule has 1 aromatic heterocycles. The summed E-state index contributed by atoms with van der Waals surface area (Å²) >= 11 is 0. The van der Waals surface area contributed by atoms with Crippen LogP contribution in [0.5, 0.6) is 0 Å². The van der Waals surface area contributed by atoms with E-state index in [1.54, 1.807) is 0 Å². The first kappa shape index (κ1) is 10.7. The third kappa shape index (κ3) is 2.18. The molecule has 0 spiro atoms. The highest BCUT2D eigenvalue weighted by Crippen LogP contribution is 2.29. The van der Waals surface area contributed by atoms with Crippen molar-refractivity contribution in [3.8, 4) is 0 Å². The Morgan fingerprint density at radius 1 is 1.18 bits per heavy atom. The molecule has 2 N–H and O–H groups in total. The number of benzene rings is 1. The van der Waals surface area contributed by atoms with Crippen molar-refractivity contribution in [2.45, 2.75) is 31.7 Å². The molecular weight excluding hydrogens is 208 g/mol. The van der Waals surface area contributed by atoms with Gasteiger partial charge < -0.3 is 5.73 Å². The first-order valence-electron chi connectivity index (χ1n) is 6.43. The van der Waals surface area contributed by atoms with E-state index in [4.69, 9.17) is 5.73 Å². The summed E-state index contributed by atoms with van der Waals surface area (Å²) in [5.74, 6) is 0.725. The fourth-order valence-corrected chi connectivity index (χ4v) is 2.50. The van der Waals surface area contributed by atoms with Crippen molar-refractivity contribution in [2.75, 3.05) is 0 Å². The summed E-state index contributed by atoms with van der Waals surface area (Å²) in [6.45, 7) is 0. The van der Waals surface area contributed by atoms with Gasteiger partial charge in [0.2, 0.25) is 0 Å². The van der Waals surface area contributed by atoms with Crippen LogP contribution in [0.3, 0.4) is 0 Å². The first-order valence-corrected chi connectivity index (χ1v) is 6.43. The maximum absolute atomic E-state index is 6.22. The molecule has 1 saturated carbocycles. The molecule has 1 unspecified atom stereocenters. The Bertz CT molecular complexity index is 517. The number of nitrogens with two attached hydrogens (primary N) is 1. The number of aromatic nitrogens is 1. The Kier molecular flexibility index (Phi) is 2.81. The monoisotopic (exact) mass is 226 g/mol. The second kappa shape index (κ2) is 4.46. The van der Waals surface area contributed by atoms with E-state index in [9.17, 15) is 0 Å². The number of pyridine rings is 1. The fraction of sp³-hybridized carbons (Fsp3) is 0.400. The number of hydrogen-bond donors (Lipinski definition) is 1. The minimum absolute atomic E-state index is 0.289. The first-order chi connectivity index (χ1) is 8.33. The van der Waals surface area contributed by atoms with Gasteiger partial charge in [-0.15, -0.1) is 0 Å². The molecule has 2 nitrogen and oxygen atoms in total. The quantitative estimate of drug-likeness (QED) is 0.874. The summed E-state index contributed by atoms with van der Waals surface area (Å²) < 4.78 is 0. The largest absolute Gasteiger partial charge is 0.327 e. The lowest BCUT2D eigenvalue weighted by Gasteiger charge is -2.31. The van der Waals surface area contributed by atoms with Crippen LogP contribution in [-0.2, 0) is 6.42 Å². The van der Waals surface area contributed by atoms with Crippen LogP contribution in [0.1, 0.15) is 25.0 Å². The Morgan fingerprint density at radius 2 is 2.00 bits per heavy atom. The average molecular weight is 226 g/mol. The predicted molar refractivity (Wildman–Crippen MR) is 70.8 cm³/mol. The molecule has 88 valence electrons. The van der Waals surface area contributed by atoms with Gasteiger partial charge in [0.15, 0.2) is 0 Å². The van der Waals surface area contributed by atoms with Gasteiger partial charge in [-0.25, -0.2) is 0 Å². The van der Waals surface area contributed by atoms with Crippen LogP contribution in [0.2, 0.25) is 0 Å². The van der Waals surface area contributed by atoms with Crippen LogP contribution in [0, 0.1) is 5.92 Å². The van der Waals surface area contributed by atoms with Crippen molar-refractivity contribution in [3.05, 3.63) is 42.1 Å². The van der Waals surface area contributed by atoms with Gasteiger partial charge in [-0.1, -0.05) is 30.7 Å². The molecule has 1 aromatic carbocycles. The van der Waals surface area contributed by atoms with Crippen molar-refractivity contribution < 1.29 is 0 Å². The number of para-hydroxylation sites is 1. The van der Waals surface area contributed by atoms with Gasteiger partial charge in [-0.05, 0) is 30.9 Å². The Hall–Kier alpha value is -1.41. The Balaban J connectivity index is 1.80. The second-order valence-corrected chi connectivity index (χ2v) is 5.05. The van der Waals surface area contributed by atoms with E-state index in [1.807, 2.05) is 12.1 Å². The number of fused-ring (bicyclic) bond motifs is 1. The van der Waals surface area contributed by atoms with Gasteiger partial charge in [-0.2, -0.15) is 0 Å². The minimum Gasteiger partial charge on any atom is -0.327 e. The zero-order valence-electron chi connectivity index (χ0n) is 9.97. The lowest BCUT2D eigenvalue weighted by Crippen LogP contribution is -2.36. The fourth-order valence-electron chi connectivity index (χ4n) is 2.50. The standard InChI is InChI=1S/C15H18N2/c16-14(11-5-3-6-11)10-13-9-8-12-4-1-2-7-15(12)17-13/h1-2,4,7-9,11,14H,3,5-6,10,16H2. The molecule has 17 heavy (non-hydrogen) atoms. The molecule has 1 heterocycles. The molecule has 1 fully saturated rings. The zero-order valence-corrected chi connectivity index (χ0v) is 9.97. The Labute approximate surface area is 102 Å². The lowest BCUT2D eigenvalue weighted by atomic mass is 9.78. The van der Waals surface area contributed by atoms with Crippen LogP contribution in [0.25, 0.3) is 10.9 Å². The summed E-state index contributed by atoms with van der Waals surface area (Å²) in [5.41, 5.74) is 8.42. The summed E-state index contributed by atoms with van der Waals surface area (Å²) in [6, 6.07) is 12.8. The van der Waals surface area contributed by atoms with Gasteiger partial charge in [0.05, 0.1) is 5.52 Å². The van der Waals surface area contributed by atoms with E-state index < -0.39 is 0 Å². The summed E-state index contributed by atoms with van der Waals surface area (Å²) in [5, 5.41) is 1.20. The van der Waals surface area contributed by atoms with Crippen molar-refractivity contribution in [1.82, 2.24) is 4.98 Å². The molecule has 1 atom stereocenters. The van der Waals surface area contributed by atoms with E-state index in [0.29, 0.717) is 0 Å². The minimum atomic E-state index is 0.289. The van der Waals surface area contributed by atoms with Gasteiger partial charge >= 0.3 is 0 Å². The number of hydrogen-bond acceptors (Lipinski definition) is 2. The number of rotatable bonds is 3. The van der Waals surface area contributed by atoms with Crippen molar-refractivity contribution in [1.29, 1.82) is 0 Å². The summed E-state index contributed by atoms with van der Waals surface area (Å²) in [7, 11) is 0. The highest BCUT2D eigenvalue weighted by molar-refractivity contribution is 5.78. The molecule has 0 radical (unpaired) electrons. The molecule has 2 aromatic rings. The maximum Gasteiger partial charge on any atom is 0.0705 e. The molecule has 0 bridgehead atoms. The molecule has 3 rings (SSSR count). The van der Waals surface area contributed by atoms with Crippen molar-refractivity contribution >= 4 is 10.9 Å². The normalized spacial score (nSPS) is 17.9. The topological polar surface area (TPSA) is 38.9 Å².